The molecule has 0 aromatic heterocycles. The minimum atomic E-state index is -0.592. The summed E-state index contributed by atoms with van der Waals surface area (Å²) in [5.74, 6) is -0.141. The Morgan fingerprint density at radius 3 is 2.89 bits per heavy atom. The van der Waals surface area contributed by atoms with Gasteiger partial charge in [-0.1, -0.05) is 19.4 Å². The molecule has 1 N–H and O–H groups in total. The molecule has 1 rings (SSSR count). The summed E-state index contributed by atoms with van der Waals surface area (Å²) >= 11 is 0. The fourth-order valence-corrected chi connectivity index (χ4v) is 1.60. The van der Waals surface area contributed by atoms with E-state index >= 15 is 0 Å². The monoisotopic (exact) mass is 246 g/mol. The second-order valence-corrected chi connectivity index (χ2v) is 3.92. The van der Waals surface area contributed by atoms with Crippen LogP contribution in [-0.2, 0) is 4.79 Å². The van der Waals surface area contributed by atoms with E-state index < -0.39 is 5.92 Å². The van der Waals surface area contributed by atoms with E-state index in [9.17, 15) is 4.79 Å². The number of nitrogens with one attached hydrogen (secondary N) is 1. The molecule has 1 unspecified atom stereocenters. The van der Waals surface area contributed by atoms with Gasteiger partial charge in [0, 0.05) is 11.8 Å². The first kappa shape index (κ1) is 14.0. The number of nitrogens with zero attached hydrogens (tertiary/aromatic N) is 1. The molecule has 96 valence electrons. The molecule has 18 heavy (non-hydrogen) atoms. The molecule has 0 aliphatic heterocycles. The maximum absolute atomic E-state index is 11.8. The van der Waals surface area contributed by atoms with Crippen LogP contribution < -0.4 is 10.1 Å². The second-order valence-electron chi connectivity index (χ2n) is 3.92. The highest BCUT2D eigenvalue weighted by Gasteiger charge is 2.16. The van der Waals surface area contributed by atoms with Crippen molar-refractivity contribution in [3.05, 3.63) is 24.3 Å². The van der Waals surface area contributed by atoms with Gasteiger partial charge in [-0.25, -0.2) is 0 Å². The fraction of sp³-hybridized carbons (Fsp3) is 0.429. The van der Waals surface area contributed by atoms with Crippen molar-refractivity contribution in [3.8, 4) is 11.8 Å². The summed E-state index contributed by atoms with van der Waals surface area (Å²) in [6, 6.07) is 9.18. The third kappa shape index (κ3) is 4.10. The van der Waals surface area contributed by atoms with Crippen molar-refractivity contribution in [2.45, 2.75) is 26.7 Å². The van der Waals surface area contributed by atoms with Gasteiger partial charge in [0.2, 0.25) is 5.91 Å². The Balaban J connectivity index is 2.69. The van der Waals surface area contributed by atoms with Crippen molar-refractivity contribution >= 4 is 11.6 Å². The molecular weight excluding hydrogens is 228 g/mol. The summed E-state index contributed by atoms with van der Waals surface area (Å²) in [5, 5.41) is 11.6. The van der Waals surface area contributed by atoms with Gasteiger partial charge in [0.15, 0.2) is 0 Å². The first-order valence-electron chi connectivity index (χ1n) is 6.14. The third-order valence-corrected chi connectivity index (χ3v) is 2.46. The first-order valence-corrected chi connectivity index (χ1v) is 6.14. The van der Waals surface area contributed by atoms with Gasteiger partial charge in [0.25, 0.3) is 0 Å². The third-order valence-electron chi connectivity index (χ3n) is 2.46. The summed E-state index contributed by atoms with van der Waals surface area (Å²) in [6.45, 7) is 4.43. The molecular formula is C14H18N2O2. The smallest absolute Gasteiger partial charge is 0.241 e. The first-order chi connectivity index (χ1) is 8.71. The molecule has 0 aliphatic rings. The number of amides is 1. The van der Waals surface area contributed by atoms with Gasteiger partial charge in [-0.05, 0) is 25.5 Å². The molecule has 0 fully saturated rings. The van der Waals surface area contributed by atoms with E-state index in [1.54, 1.807) is 12.1 Å². The van der Waals surface area contributed by atoms with Crippen LogP contribution >= 0.6 is 0 Å². The zero-order valence-corrected chi connectivity index (χ0v) is 10.8. The van der Waals surface area contributed by atoms with E-state index in [0.717, 1.165) is 6.42 Å². The Kier molecular flexibility index (Phi) is 5.72. The Hall–Kier alpha value is -2.02. The van der Waals surface area contributed by atoms with Gasteiger partial charge in [0.05, 0.1) is 12.7 Å². The van der Waals surface area contributed by atoms with Crippen LogP contribution in [0.2, 0.25) is 0 Å². The fourth-order valence-electron chi connectivity index (χ4n) is 1.60. The van der Waals surface area contributed by atoms with Crippen molar-refractivity contribution < 1.29 is 9.53 Å². The molecule has 1 amide bonds. The van der Waals surface area contributed by atoms with Crippen molar-refractivity contribution in [2.24, 2.45) is 5.92 Å². The standard InChI is InChI=1S/C14H18N2O2/c1-3-6-11(10-15)14(17)16-12-7-5-8-13(9-12)18-4-2/h5,7-9,11H,3-4,6H2,1-2H3,(H,16,17). The van der Waals surface area contributed by atoms with E-state index in [-0.39, 0.29) is 5.91 Å². The molecule has 0 aliphatic carbocycles. The number of nitriles is 1. The number of hydrogen-bond donors (Lipinski definition) is 1. The average Bonchev–Trinajstić information content (AvgIpc) is 2.36. The molecule has 0 bridgehead atoms. The number of rotatable bonds is 6. The Bertz CT molecular complexity index is 438. The molecule has 0 saturated heterocycles. The van der Waals surface area contributed by atoms with Crippen molar-refractivity contribution in [1.29, 1.82) is 5.26 Å². The van der Waals surface area contributed by atoms with E-state index in [1.165, 1.54) is 0 Å². The number of benzene rings is 1. The molecule has 0 heterocycles. The summed E-state index contributed by atoms with van der Waals surface area (Å²) in [4.78, 5) is 11.8. The predicted molar refractivity (Wildman–Crippen MR) is 70.3 cm³/mol. The summed E-state index contributed by atoms with van der Waals surface area (Å²) in [7, 11) is 0. The maximum Gasteiger partial charge on any atom is 0.241 e. The number of anilines is 1. The second kappa shape index (κ2) is 7.33. The van der Waals surface area contributed by atoms with Crippen LogP contribution in [0.3, 0.4) is 0 Å². The molecule has 0 radical (unpaired) electrons. The summed E-state index contributed by atoms with van der Waals surface area (Å²) < 4.78 is 5.35. The van der Waals surface area contributed by atoms with Crippen LogP contribution in [0.1, 0.15) is 26.7 Å². The molecule has 4 heteroatoms. The summed E-state index contributed by atoms with van der Waals surface area (Å²) in [6.07, 6.45) is 1.39. The van der Waals surface area contributed by atoms with Crippen LogP contribution in [0.25, 0.3) is 0 Å². The zero-order valence-electron chi connectivity index (χ0n) is 10.8. The number of hydrogen-bond acceptors (Lipinski definition) is 3. The van der Waals surface area contributed by atoms with Crippen molar-refractivity contribution in [2.75, 3.05) is 11.9 Å². The zero-order chi connectivity index (χ0) is 13.4. The van der Waals surface area contributed by atoms with E-state index in [1.807, 2.05) is 32.0 Å². The minimum Gasteiger partial charge on any atom is -0.494 e. The quantitative estimate of drug-likeness (QED) is 0.839. The number of ether oxygens (including phenoxy) is 1. The topological polar surface area (TPSA) is 62.1 Å². The molecule has 0 saturated carbocycles. The molecule has 1 aromatic carbocycles. The van der Waals surface area contributed by atoms with Crippen LogP contribution in [0.15, 0.2) is 24.3 Å². The van der Waals surface area contributed by atoms with Crippen LogP contribution in [0.4, 0.5) is 5.69 Å². The van der Waals surface area contributed by atoms with Gasteiger partial charge in [0.1, 0.15) is 11.7 Å². The average molecular weight is 246 g/mol. The highest BCUT2D eigenvalue weighted by Crippen LogP contribution is 2.18. The molecule has 4 nitrogen and oxygen atoms in total. The van der Waals surface area contributed by atoms with E-state index in [0.29, 0.717) is 24.5 Å². The normalized spacial score (nSPS) is 11.4. The van der Waals surface area contributed by atoms with E-state index in [2.05, 4.69) is 5.32 Å². The van der Waals surface area contributed by atoms with E-state index in [4.69, 9.17) is 10.00 Å². The maximum atomic E-state index is 11.8. The highest BCUT2D eigenvalue weighted by molar-refractivity contribution is 5.94. The molecule has 1 aromatic rings. The van der Waals surface area contributed by atoms with Crippen molar-refractivity contribution in [3.63, 3.8) is 0 Å². The molecule has 0 spiro atoms. The van der Waals surface area contributed by atoms with Crippen LogP contribution in [-0.4, -0.2) is 12.5 Å². The van der Waals surface area contributed by atoms with Gasteiger partial charge in [-0.3, -0.25) is 4.79 Å². The van der Waals surface area contributed by atoms with Crippen LogP contribution in [0, 0.1) is 17.2 Å². The highest BCUT2D eigenvalue weighted by atomic mass is 16.5. The Morgan fingerprint density at radius 2 is 2.28 bits per heavy atom. The number of carbonyl (C=O) groups excluding carboxylic acids is 1. The minimum absolute atomic E-state index is 0.256. The van der Waals surface area contributed by atoms with Crippen LogP contribution in [0.5, 0.6) is 5.75 Å². The lowest BCUT2D eigenvalue weighted by atomic mass is 10.0. The van der Waals surface area contributed by atoms with Gasteiger partial charge >= 0.3 is 0 Å². The lowest BCUT2D eigenvalue weighted by Gasteiger charge is -2.10. The SMILES string of the molecule is CCCC(C#N)C(=O)Nc1cccc(OCC)c1. The largest absolute Gasteiger partial charge is 0.494 e. The Morgan fingerprint density at radius 1 is 1.50 bits per heavy atom. The predicted octanol–water partition coefficient (Wildman–Crippen LogP) is 2.96. The van der Waals surface area contributed by atoms with Crippen molar-refractivity contribution in [1.82, 2.24) is 0 Å². The summed E-state index contributed by atoms with van der Waals surface area (Å²) in [5.41, 5.74) is 0.655. The van der Waals surface area contributed by atoms with Gasteiger partial charge in [-0.2, -0.15) is 5.26 Å². The lowest BCUT2D eigenvalue weighted by molar-refractivity contribution is -0.118. The number of carbonyl (C=O) groups is 1. The Labute approximate surface area is 108 Å². The lowest BCUT2D eigenvalue weighted by Crippen LogP contribution is -2.21. The molecule has 1 atom stereocenters. The van der Waals surface area contributed by atoms with Gasteiger partial charge < -0.3 is 10.1 Å². The van der Waals surface area contributed by atoms with Gasteiger partial charge in [-0.15, -0.1) is 0 Å².